The van der Waals surface area contributed by atoms with E-state index in [1.54, 1.807) is 11.3 Å². The van der Waals surface area contributed by atoms with E-state index >= 15 is 0 Å². The molecule has 7 heteroatoms. The van der Waals surface area contributed by atoms with E-state index in [4.69, 9.17) is 4.42 Å². The van der Waals surface area contributed by atoms with Crippen LogP contribution in [-0.2, 0) is 6.54 Å². The molecule has 0 bridgehead atoms. The number of nitrogens with zero attached hydrogens (tertiary/aromatic N) is 3. The van der Waals surface area contributed by atoms with E-state index in [-0.39, 0.29) is 12.4 Å². The Morgan fingerprint density at radius 2 is 2.24 bits per heavy atom. The minimum absolute atomic E-state index is 0. The van der Waals surface area contributed by atoms with Crippen molar-refractivity contribution < 1.29 is 4.42 Å². The third kappa shape index (κ3) is 4.10. The smallest absolute Gasteiger partial charge is 0.162 e. The second-order valence-electron chi connectivity index (χ2n) is 6.02. The van der Waals surface area contributed by atoms with Crippen molar-refractivity contribution in [3.8, 4) is 10.8 Å². The van der Waals surface area contributed by atoms with Crippen LogP contribution in [0.25, 0.3) is 10.8 Å². The number of halogens is 1. The summed E-state index contributed by atoms with van der Waals surface area (Å²) in [7, 11) is 0. The molecule has 1 unspecified atom stereocenters. The SMILES string of the molecule is Cc1ccc(-c2ncc(CN3CCNCC3c3cccnc3)s2)o1.Cl. The number of piperazine rings is 1. The monoisotopic (exact) mass is 376 g/mol. The minimum atomic E-state index is 0. The van der Waals surface area contributed by atoms with Gasteiger partial charge in [-0.25, -0.2) is 4.98 Å². The minimum Gasteiger partial charge on any atom is -0.459 e. The molecule has 1 fully saturated rings. The van der Waals surface area contributed by atoms with Crippen LogP contribution in [-0.4, -0.2) is 34.5 Å². The zero-order chi connectivity index (χ0) is 16.4. The molecular formula is C18H21ClN4OS. The molecule has 4 heterocycles. The molecule has 3 aromatic heterocycles. The van der Waals surface area contributed by atoms with Crippen molar-refractivity contribution in [3.05, 3.63) is 59.1 Å². The normalized spacial score (nSPS) is 18.0. The van der Waals surface area contributed by atoms with Crippen LogP contribution in [0.2, 0.25) is 0 Å². The van der Waals surface area contributed by atoms with Gasteiger partial charge < -0.3 is 9.73 Å². The van der Waals surface area contributed by atoms with Gasteiger partial charge in [0, 0.05) is 55.7 Å². The van der Waals surface area contributed by atoms with Gasteiger partial charge in [0.05, 0.1) is 0 Å². The van der Waals surface area contributed by atoms with Crippen molar-refractivity contribution in [1.29, 1.82) is 0 Å². The summed E-state index contributed by atoms with van der Waals surface area (Å²) in [6.45, 7) is 5.84. The summed E-state index contributed by atoms with van der Waals surface area (Å²) in [5.41, 5.74) is 1.26. The molecule has 1 aliphatic rings. The summed E-state index contributed by atoms with van der Waals surface area (Å²) >= 11 is 1.71. The third-order valence-electron chi connectivity index (χ3n) is 4.29. The largest absolute Gasteiger partial charge is 0.459 e. The fourth-order valence-corrected chi connectivity index (χ4v) is 3.98. The first-order valence-corrected chi connectivity index (χ1v) is 8.97. The Kier molecular flexibility index (Phi) is 5.86. The highest BCUT2D eigenvalue weighted by Crippen LogP contribution is 2.30. The topological polar surface area (TPSA) is 54.2 Å². The van der Waals surface area contributed by atoms with Crippen LogP contribution in [0, 0.1) is 6.92 Å². The van der Waals surface area contributed by atoms with E-state index in [9.17, 15) is 0 Å². The maximum atomic E-state index is 5.68. The molecule has 0 aliphatic carbocycles. The van der Waals surface area contributed by atoms with E-state index in [2.05, 4.69) is 26.3 Å². The molecule has 25 heavy (non-hydrogen) atoms. The Bertz CT molecular complexity index is 804. The number of pyridine rings is 1. The Morgan fingerprint density at radius 3 is 3.00 bits per heavy atom. The first kappa shape index (κ1) is 18.1. The van der Waals surface area contributed by atoms with Gasteiger partial charge in [-0.2, -0.15) is 0 Å². The van der Waals surface area contributed by atoms with Crippen LogP contribution < -0.4 is 5.32 Å². The second kappa shape index (κ2) is 8.10. The van der Waals surface area contributed by atoms with Crippen molar-refractivity contribution >= 4 is 23.7 Å². The molecule has 1 aliphatic heterocycles. The van der Waals surface area contributed by atoms with Crippen molar-refractivity contribution in [2.45, 2.75) is 19.5 Å². The number of thiazole rings is 1. The number of aromatic nitrogens is 2. The predicted octanol–water partition coefficient (Wildman–Crippen LogP) is 3.67. The maximum absolute atomic E-state index is 5.68. The van der Waals surface area contributed by atoms with Crippen molar-refractivity contribution in [3.63, 3.8) is 0 Å². The van der Waals surface area contributed by atoms with Crippen LogP contribution >= 0.6 is 23.7 Å². The lowest BCUT2D eigenvalue weighted by Crippen LogP contribution is -2.45. The molecule has 1 saturated heterocycles. The van der Waals surface area contributed by atoms with Gasteiger partial charge in [0.2, 0.25) is 0 Å². The summed E-state index contributed by atoms with van der Waals surface area (Å²) in [4.78, 5) is 12.6. The zero-order valence-electron chi connectivity index (χ0n) is 14.0. The Balaban J connectivity index is 0.00000182. The molecule has 132 valence electrons. The van der Waals surface area contributed by atoms with E-state index in [0.717, 1.165) is 42.7 Å². The standard InChI is InChI=1S/C18H20N4OS.ClH/c1-13-4-5-17(23-13)18-21-10-15(24-18)12-22-8-7-20-11-16(22)14-3-2-6-19-9-14;/h2-6,9-10,16,20H,7-8,11-12H2,1H3;1H. The van der Waals surface area contributed by atoms with Gasteiger partial charge in [0.1, 0.15) is 5.76 Å². The zero-order valence-corrected chi connectivity index (χ0v) is 15.6. The van der Waals surface area contributed by atoms with Crippen molar-refractivity contribution in [2.24, 2.45) is 0 Å². The lowest BCUT2D eigenvalue weighted by molar-refractivity contribution is 0.155. The molecule has 0 amide bonds. The average Bonchev–Trinajstić information content (AvgIpc) is 3.25. The highest BCUT2D eigenvalue weighted by molar-refractivity contribution is 7.14. The van der Waals surface area contributed by atoms with E-state index < -0.39 is 0 Å². The number of hydrogen-bond donors (Lipinski definition) is 1. The Morgan fingerprint density at radius 1 is 1.32 bits per heavy atom. The number of hydrogen-bond acceptors (Lipinski definition) is 6. The van der Waals surface area contributed by atoms with E-state index in [0.29, 0.717) is 6.04 Å². The summed E-state index contributed by atoms with van der Waals surface area (Å²) < 4.78 is 5.68. The highest BCUT2D eigenvalue weighted by atomic mass is 35.5. The van der Waals surface area contributed by atoms with Crippen molar-refractivity contribution in [2.75, 3.05) is 19.6 Å². The van der Waals surface area contributed by atoms with Gasteiger partial charge in [-0.1, -0.05) is 6.07 Å². The second-order valence-corrected chi connectivity index (χ2v) is 7.13. The first-order chi connectivity index (χ1) is 11.8. The third-order valence-corrected chi connectivity index (χ3v) is 5.28. The Labute approximate surface area is 157 Å². The number of nitrogens with one attached hydrogen (secondary N) is 1. The summed E-state index contributed by atoms with van der Waals surface area (Å²) in [5, 5.41) is 4.44. The van der Waals surface area contributed by atoms with Gasteiger partial charge in [0.25, 0.3) is 0 Å². The molecule has 0 spiro atoms. The summed E-state index contributed by atoms with van der Waals surface area (Å²) in [6.07, 6.45) is 5.76. The van der Waals surface area contributed by atoms with Crippen molar-refractivity contribution in [1.82, 2.24) is 20.2 Å². The average molecular weight is 377 g/mol. The lowest BCUT2D eigenvalue weighted by atomic mass is 10.1. The van der Waals surface area contributed by atoms with Gasteiger partial charge in [-0.05, 0) is 30.7 Å². The van der Waals surface area contributed by atoms with Crippen LogP contribution in [0.3, 0.4) is 0 Å². The number of rotatable bonds is 4. The van der Waals surface area contributed by atoms with Gasteiger partial charge in [-0.15, -0.1) is 23.7 Å². The number of furan rings is 1. The lowest BCUT2D eigenvalue weighted by Gasteiger charge is -2.35. The molecule has 0 aromatic carbocycles. The van der Waals surface area contributed by atoms with Crippen LogP contribution in [0.5, 0.6) is 0 Å². The molecule has 1 atom stereocenters. The fraction of sp³-hybridized carbons (Fsp3) is 0.333. The molecule has 4 rings (SSSR count). The maximum Gasteiger partial charge on any atom is 0.162 e. The fourth-order valence-electron chi connectivity index (χ4n) is 3.08. The van der Waals surface area contributed by atoms with Crippen LogP contribution in [0.4, 0.5) is 0 Å². The molecule has 1 N–H and O–H groups in total. The molecule has 3 aromatic rings. The molecule has 5 nitrogen and oxygen atoms in total. The predicted molar refractivity (Wildman–Crippen MR) is 102 cm³/mol. The molecule has 0 radical (unpaired) electrons. The number of aryl methyl sites for hydroxylation is 1. The Hall–Kier alpha value is -1.73. The van der Waals surface area contributed by atoms with E-state index in [1.165, 1.54) is 10.4 Å². The van der Waals surface area contributed by atoms with Crippen LogP contribution in [0.15, 0.2) is 47.3 Å². The quantitative estimate of drug-likeness (QED) is 0.752. The first-order valence-electron chi connectivity index (χ1n) is 8.16. The van der Waals surface area contributed by atoms with Gasteiger partial charge in [-0.3, -0.25) is 9.88 Å². The molecular weight excluding hydrogens is 356 g/mol. The summed E-state index contributed by atoms with van der Waals surface area (Å²) in [5.74, 6) is 1.77. The summed E-state index contributed by atoms with van der Waals surface area (Å²) in [6, 6.07) is 8.48. The van der Waals surface area contributed by atoms with Gasteiger partial charge in [0.15, 0.2) is 10.8 Å². The van der Waals surface area contributed by atoms with Crippen LogP contribution in [0.1, 0.15) is 22.2 Å². The van der Waals surface area contributed by atoms with E-state index in [1.807, 2.05) is 43.7 Å². The molecule has 0 saturated carbocycles. The van der Waals surface area contributed by atoms with Gasteiger partial charge >= 0.3 is 0 Å². The highest BCUT2D eigenvalue weighted by Gasteiger charge is 2.24.